The third-order valence-corrected chi connectivity index (χ3v) is 4.94. The molecule has 0 radical (unpaired) electrons. The van der Waals surface area contributed by atoms with Crippen LogP contribution in [0.25, 0.3) is 11.5 Å². The zero-order valence-corrected chi connectivity index (χ0v) is 15.6. The highest BCUT2D eigenvalue weighted by Crippen LogP contribution is 2.31. The van der Waals surface area contributed by atoms with Gasteiger partial charge in [0.25, 0.3) is 11.8 Å². The molecular weight excluding hydrogens is 356 g/mol. The largest absolute Gasteiger partial charge is 0.334 e. The highest BCUT2D eigenvalue weighted by molar-refractivity contribution is 5.94. The van der Waals surface area contributed by atoms with Gasteiger partial charge in [-0.05, 0) is 31.0 Å². The number of aromatic nitrogens is 4. The minimum absolute atomic E-state index is 0.114. The molecule has 142 valence electrons. The first-order valence-corrected chi connectivity index (χ1v) is 9.29. The normalized spacial score (nSPS) is 17.1. The van der Waals surface area contributed by atoms with Crippen molar-refractivity contribution in [2.45, 2.75) is 31.7 Å². The van der Waals surface area contributed by atoms with E-state index in [4.69, 9.17) is 9.78 Å². The lowest BCUT2D eigenvalue weighted by atomic mass is 10.1. The average Bonchev–Trinajstić information content (AvgIpc) is 3.30. The summed E-state index contributed by atoms with van der Waals surface area (Å²) >= 11 is 0. The van der Waals surface area contributed by atoms with Gasteiger partial charge in [0.05, 0.1) is 29.4 Å². The van der Waals surface area contributed by atoms with E-state index >= 15 is 0 Å². The molecular formula is C20H20N6O2. The monoisotopic (exact) mass is 376 g/mol. The van der Waals surface area contributed by atoms with Gasteiger partial charge >= 0.3 is 0 Å². The fraction of sp³-hybridized carbons (Fsp3) is 0.350. The van der Waals surface area contributed by atoms with E-state index in [9.17, 15) is 4.79 Å². The van der Waals surface area contributed by atoms with Gasteiger partial charge in [-0.15, -0.1) is 0 Å². The van der Waals surface area contributed by atoms with Crippen molar-refractivity contribution in [3.05, 3.63) is 53.6 Å². The first kappa shape index (κ1) is 17.9. The number of amides is 1. The van der Waals surface area contributed by atoms with Crippen LogP contribution in [0, 0.1) is 11.3 Å². The van der Waals surface area contributed by atoms with Gasteiger partial charge in [-0.3, -0.25) is 9.48 Å². The summed E-state index contributed by atoms with van der Waals surface area (Å²) < 4.78 is 7.10. The molecule has 8 nitrogen and oxygen atoms in total. The number of carbonyl (C=O) groups excluding carboxylic acids is 1. The van der Waals surface area contributed by atoms with Gasteiger partial charge in [0.1, 0.15) is 0 Å². The van der Waals surface area contributed by atoms with Crippen LogP contribution in [0.5, 0.6) is 0 Å². The van der Waals surface area contributed by atoms with Crippen molar-refractivity contribution in [1.29, 1.82) is 5.26 Å². The molecule has 1 fully saturated rings. The van der Waals surface area contributed by atoms with Crippen molar-refractivity contribution >= 4 is 5.91 Å². The SMILES string of the molecule is Cn1cc(-c2nc(C3CCCCCN3C(=O)c3cccc(C#N)c3)no2)cn1. The Morgan fingerprint density at radius 2 is 2.21 bits per heavy atom. The maximum atomic E-state index is 13.2. The molecule has 1 aromatic carbocycles. The zero-order valence-electron chi connectivity index (χ0n) is 15.6. The third kappa shape index (κ3) is 3.51. The molecule has 0 aliphatic carbocycles. The lowest BCUT2D eigenvalue weighted by Crippen LogP contribution is -2.35. The van der Waals surface area contributed by atoms with Crippen LogP contribution in [0.15, 0.2) is 41.2 Å². The van der Waals surface area contributed by atoms with E-state index in [-0.39, 0.29) is 11.9 Å². The van der Waals surface area contributed by atoms with E-state index in [1.165, 1.54) is 0 Å². The van der Waals surface area contributed by atoms with Crippen LogP contribution >= 0.6 is 0 Å². The Morgan fingerprint density at radius 3 is 3.00 bits per heavy atom. The van der Waals surface area contributed by atoms with Crippen LogP contribution in [0.1, 0.15) is 53.5 Å². The molecule has 1 atom stereocenters. The Hall–Kier alpha value is -3.47. The van der Waals surface area contributed by atoms with Crippen molar-refractivity contribution in [2.24, 2.45) is 7.05 Å². The molecule has 4 rings (SSSR count). The third-order valence-electron chi connectivity index (χ3n) is 4.94. The topological polar surface area (TPSA) is 101 Å². The van der Waals surface area contributed by atoms with Gasteiger partial charge in [-0.25, -0.2) is 0 Å². The van der Waals surface area contributed by atoms with E-state index in [1.54, 1.807) is 46.2 Å². The van der Waals surface area contributed by atoms with Crippen molar-refractivity contribution in [1.82, 2.24) is 24.8 Å². The molecule has 1 aliphatic heterocycles. The lowest BCUT2D eigenvalue weighted by molar-refractivity contribution is 0.0670. The van der Waals surface area contributed by atoms with Crippen LogP contribution in [0.3, 0.4) is 0 Å². The molecule has 3 aromatic rings. The summed E-state index contributed by atoms with van der Waals surface area (Å²) in [7, 11) is 1.82. The van der Waals surface area contributed by atoms with Gasteiger partial charge in [0, 0.05) is 25.4 Å². The molecule has 0 saturated carbocycles. The Morgan fingerprint density at radius 1 is 1.32 bits per heavy atom. The molecule has 1 saturated heterocycles. The summed E-state index contributed by atoms with van der Waals surface area (Å²) in [6.07, 6.45) is 7.21. The summed E-state index contributed by atoms with van der Waals surface area (Å²) in [5.41, 5.74) is 1.71. The fourth-order valence-electron chi connectivity index (χ4n) is 3.53. The summed E-state index contributed by atoms with van der Waals surface area (Å²) in [4.78, 5) is 19.6. The number of likely N-dealkylation sites (tertiary alicyclic amines) is 1. The maximum absolute atomic E-state index is 13.2. The molecule has 0 bridgehead atoms. The number of hydrogen-bond donors (Lipinski definition) is 0. The number of rotatable bonds is 3. The zero-order chi connectivity index (χ0) is 19.5. The van der Waals surface area contributed by atoms with E-state index < -0.39 is 0 Å². The maximum Gasteiger partial charge on any atom is 0.261 e. The van der Waals surface area contributed by atoms with Crippen LogP contribution in [0.4, 0.5) is 0 Å². The molecule has 1 aliphatic rings. The minimum atomic E-state index is -0.255. The Bertz CT molecular complexity index is 1030. The van der Waals surface area contributed by atoms with Crippen molar-refractivity contribution < 1.29 is 9.32 Å². The van der Waals surface area contributed by atoms with Gasteiger partial charge in [-0.1, -0.05) is 24.1 Å². The van der Waals surface area contributed by atoms with Gasteiger partial charge in [-0.2, -0.15) is 15.3 Å². The summed E-state index contributed by atoms with van der Waals surface area (Å²) in [5, 5.41) is 17.4. The van der Waals surface area contributed by atoms with E-state index in [1.807, 2.05) is 7.05 Å². The second-order valence-electron chi connectivity index (χ2n) is 6.92. The van der Waals surface area contributed by atoms with Crippen molar-refractivity contribution in [3.63, 3.8) is 0 Å². The molecule has 8 heteroatoms. The molecule has 3 heterocycles. The average molecular weight is 376 g/mol. The van der Waals surface area contributed by atoms with Gasteiger partial charge in [0.2, 0.25) is 0 Å². The number of hydrogen-bond acceptors (Lipinski definition) is 6. The summed E-state index contributed by atoms with van der Waals surface area (Å²) in [5.74, 6) is 0.786. The van der Waals surface area contributed by atoms with Gasteiger partial charge in [0.15, 0.2) is 5.82 Å². The minimum Gasteiger partial charge on any atom is -0.334 e. The second-order valence-corrected chi connectivity index (χ2v) is 6.92. The number of aryl methyl sites for hydroxylation is 1. The smallest absolute Gasteiger partial charge is 0.261 e. The predicted molar refractivity (Wildman–Crippen MR) is 99.9 cm³/mol. The molecule has 2 aromatic heterocycles. The van der Waals surface area contributed by atoms with Crippen molar-refractivity contribution in [3.8, 4) is 17.5 Å². The number of carbonyl (C=O) groups is 1. The van der Waals surface area contributed by atoms with Crippen LogP contribution in [-0.4, -0.2) is 37.3 Å². The van der Waals surface area contributed by atoms with Crippen LogP contribution in [0.2, 0.25) is 0 Å². The molecule has 28 heavy (non-hydrogen) atoms. The number of nitriles is 1. The van der Waals surface area contributed by atoms with E-state index in [0.717, 1.165) is 31.2 Å². The second kappa shape index (κ2) is 7.64. The molecule has 1 unspecified atom stereocenters. The summed E-state index contributed by atoms with van der Waals surface area (Å²) in [6.45, 7) is 0.622. The quantitative estimate of drug-likeness (QED) is 0.696. The van der Waals surface area contributed by atoms with E-state index in [0.29, 0.717) is 29.4 Å². The highest BCUT2D eigenvalue weighted by Gasteiger charge is 2.31. The van der Waals surface area contributed by atoms with Crippen molar-refractivity contribution in [2.75, 3.05) is 6.54 Å². The fourth-order valence-corrected chi connectivity index (χ4v) is 3.53. The highest BCUT2D eigenvalue weighted by atomic mass is 16.5. The van der Waals surface area contributed by atoms with E-state index in [2.05, 4.69) is 21.3 Å². The number of nitrogens with zero attached hydrogens (tertiary/aromatic N) is 6. The summed E-state index contributed by atoms with van der Waals surface area (Å²) in [6, 6.07) is 8.62. The Kier molecular flexibility index (Phi) is 4.89. The first-order valence-electron chi connectivity index (χ1n) is 9.29. The Labute approximate surface area is 162 Å². The number of benzene rings is 1. The van der Waals surface area contributed by atoms with Gasteiger partial charge < -0.3 is 9.42 Å². The first-order chi connectivity index (χ1) is 13.7. The molecule has 1 amide bonds. The predicted octanol–water partition coefficient (Wildman–Crippen LogP) is 3.10. The standard InChI is InChI=1S/C20H20N6O2/c1-25-13-16(12-22-25)19-23-18(24-28-19)17-8-3-2-4-9-26(17)20(27)15-7-5-6-14(10-15)11-21/h5-7,10,12-13,17H,2-4,8-9H2,1H3. The molecule has 0 N–H and O–H groups in total. The van der Waals surface area contributed by atoms with Crippen LogP contribution in [-0.2, 0) is 7.05 Å². The lowest BCUT2D eigenvalue weighted by Gasteiger charge is -2.28. The Balaban J connectivity index is 1.65. The van der Waals surface area contributed by atoms with Crippen LogP contribution < -0.4 is 0 Å². The molecule has 0 spiro atoms.